The van der Waals surface area contributed by atoms with E-state index in [2.05, 4.69) is 9.72 Å². The lowest BCUT2D eigenvalue weighted by atomic mass is 10.1. The number of aromatic hydroxyl groups is 1. The monoisotopic (exact) mass is 255 g/mol. The van der Waals surface area contributed by atoms with Crippen molar-refractivity contribution in [2.24, 2.45) is 0 Å². The Morgan fingerprint density at radius 1 is 1.21 bits per heavy atom. The highest BCUT2D eigenvalue weighted by atomic mass is 16.5. The predicted molar refractivity (Wildman–Crippen MR) is 72.6 cm³/mol. The number of hydrogen-bond donors (Lipinski definition) is 1. The average Bonchev–Trinajstić information content (AvgIpc) is 2.46. The number of carbonyl (C=O) groups is 1. The van der Waals surface area contributed by atoms with Crippen molar-refractivity contribution >= 4 is 18.1 Å². The molecule has 4 nitrogen and oxygen atoms in total. The molecule has 19 heavy (non-hydrogen) atoms. The van der Waals surface area contributed by atoms with E-state index in [-0.39, 0.29) is 5.75 Å². The first-order valence-electron chi connectivity index (χ1n) is 5.70. The third-order valence-corrected chi connectivity index (χ3v) is 2.61. The molecule has 2 rings (SSSR count). The summed E-state index contributed by atoms with van der Waals surface area (Å²) in [7, 11) is 1.30. The van der Waals surface area contributed by atoms with Crippen molar-refractivity contribution in [3.63, 3.8) is 0 Å². The summed E-state index contributed by atoms with van der Waals surface area (Å²) in [6.07, 6.45) is 7.01. The highest BCUT2D eigenvalue weighted by molar-refractivity contribution is 5.90. The maximum atomic E-state index is 11.3. The van der Waals surface area contributed by atoms with Crippen LogP contribution in [0.25, 0.3) is 12.2 Å². The van der Waals surface area contributed by atoms with Crippen LogP contribution in [0.15, 0.2) is 42.7 Å². The zero-order valence-electron chi connectivity index (χ0n) is 10.4. The van der Waals surface area contributed by atoms with Gasteiger partial charge >= 0.3 is 5.97 Å². The van der Waals surface area contributed by atoms with Gasteiger partial charge in [0.05, 0.1) is 12.7 Å². The van der Waals surface area contributed by atoms with Crippen molar-refractivity contribution in [3.05, 3.63) is 59.4 Å². The van der Waals surface area contributed by atoms with Gasteiger partial charge in [-0.2, -0.15) is 0 Å². The van der Waals surface area contributed by atoms with Gasteiger partial charge in [-0.3, -0.25) is 4.98 Å². The molecule has 0 spiro atoms. The van der Waals surface area contributed by atoms with Crippen LogP contribution in [0, 0.1) is 0 Å². The third kappa shape index (κ3) is 3.19. The van der Waals surface area contributed by atoms with Crippen LogP contribution in [-0.2, 0) is 4.74 Å². The summed E-state index contributed by atoms with van der Waals surface area (Å²) >= 11 is 0. The molecule has 4 heteroatoms. The summed E-state index contributed by atoms with van der Waals surface area (Å²) in [5.74, 6) is -0.437. The summed E-state index contributed by atoms with van der Waals surface area (Å²) in [4.78, 5) is 15.2. The van der Waals surface area contributed by atoms with Crippen LogP contribution in [0.3, 0.4) is 0 Å². The largest absolute Gasteiger partial charge is 0.507 e. The summed E-state index contributed by atoms with van der Waals surface area (Å²) in [5, 5.41) is 9.84. The molecule has 0 saturated heterocycles. The Balaban J connectivity index is 2.22. The fourth-order valence-electron chi connectivity index (χ4n) is 1.59. The van der Waals surface area contributed by atoms with Gasteiger partial charge in [0.2, 0.25) is 0 Å². The molecule has 0 fully saturated rings. The van der Waals surface area contributed by atoms with Gasteiger partial charge in [-0.15, -0.1) is 0 Å². The van der Waals surface area contributed by atoms with Crippen molar-refractivity contribution in [1.82, 2.24) is 4.98 Å². The van der Waals surface area contributed by atoms with Gasteiger partial charge in [-0.25, -0.2) is 4.79 Å². The Kier molecular flexibility index (Phi) is 3.93. The fourth-order valence-corrected chi connectivity index (χ4v) is 1.59. The Morgan fingerprint density at radius 3 is 2.58 bits per heavy atom. The Labute approximate surface area is 111 Å². The smallest absolute Gasteiger partial charge is 0.337 e. The summed E-state index contributed by atoms with van der Waals surface area (Å²) < 4.78 is 4.59. The molecule has 0 aliphatic heterocycles. The number of pyridine rings is 1. The molecule has 1 N–H and O–H groups in total. The van der Waals surface area contributed by atoms with E-state index in [1.165, 1.54) is 13.2 Å². The van der Waals surface area contributed by atoms with Crippen LogP contribution in [0.1, 0.15) is 21.5 Å². The van der Waals surface area contributed by atoms with Gasteiger partial charge in [-0.1, -0.05) is 18.2 Å². The molecule has 96 valence electrons. The van der Waals surface area contributed by atoms with Crippen molar-refractivity contribution in [3.8, 4) is 5.75 Å². The summed E-state index contributed by atoms with van der Waals surface area (Å²) in [5.41, 5.74) is 1.93. The first-order valence-corrected chi connectivity index (χ1v) is 5.70. The quantitative estimate of drug-likeness (QED) is 0.857. The van der Waals surface area contributed by atoms with E-state index in [4.69, 9.17) is 0 Å². The second-order valence-electron chi connectivity index (χ2n) is 3.88. The van der Waals surface area contributed by atoms with Crippen LogP contribution in [0.5, 0.6) is 5.75 Å². The highest BCUT2D eigenvalue weighted by Gasteiger charge is 2.07. The van der Waals surface area contributed by atoms with E-state index >= 15 is 0 Å². The van der Waals surface area contributed by atoms with E-state index < -0.39 is 5.97 Å². The maximum Gasteiger partial charge on any atom is 0.337 e. The zero-order chi connectivity index (χ0) is 13.7. The highest BCUT2D eigenvalue weighted by Crippen LogP contribution is 2.21. The first-order chi connectivity index (χ1) is 9.20. The van der Waals surface area contributed by atoms with Crippen molar-refractivity contribution in [2.45, 2.75) is 0 Å². The first kappa shape index (κ1) is 12.8. The van der Waals surface area contributed by atoms with Gasteiger partial charge in [0.25, 0.3) is 0 Å². The van der Waals surface area contributed by atoms with E-state index in [1.54, 1.807) is 30.6 Å². The van der Waals surface area contributed by atoms with Crippen molar-refractivity contribution in [2.75, 3.05) is 7.11 Å². The SMILES string of the molecule is COC(=O)c1ccc(/C=C/c2ccncc2)c(O)c1. The predicted octanol–water partition coefficient (Wildman–Crippen LogP) is 2.74. The number of phenolic OH excluding ortho intramolecular Hbond substituents is 1. The topological polar surface area (TPSA) is 59.4 Å². The molecule has 0 aliphatic carbocycles. The van der Waals surface area contributed by atoms with Crippen LogP contribution in [-0.4, -0.2) is 23.2 Å². The minimum Gasteiger partial charge on any atom is -0.507 e. The molecule has 0 aliphatic rings. The number of phenols is 1. The normalized spacial score (nSPS) is 10.6. The average molecular weight is 255 g/mol. The number of nitrogens with zero attached hydrogens (tertiary/aromatic N) is 1. The molecule has 1 aromatic carbocycles. The van der Waals surface area contributed by atoms with Crippen LogP contribution >= 0.6 is 0 Å². The minimum absolute atomic E-state index is 0.0354. The van der Waals surface area contributed by atoms with Gasteiger partial charge < -0.3 is 9.84 Å². The molecular formula is C15H13NO3. The van der Waals surface area contributed by atoms with Crippen molar-refractivity contribution < 1.29 is 14.6 Å². The third-order valence-electron chi connectivity index (χ3n) is 2.61. The second kappa shape index (κ2) is 5.82. The summed E-state index contributed by atoms with van der Waals surface area (Å²) in [6.45, 7) is 0. The molecule has 1 heterocycles. The van der Waals surface area contributed by atoms with Crippen LogP contribution in [0.2, 0.25) is 0 Å². The molecule has 0 unspecified atom stereocenters. The number of benzene rings is 1. The molecule has 0 saturated carbocycles. The number of esters is 1. The van der Waals surface area contributed by atoms with Gasteiger partial charge in [0.1, 0.15) is 5.75 Å². The lowest BCUT2D eigenvalue weighted by molar-refractivity contribution is 0.0600. The fraction of sp³-hybridized carbons (Fsp3) is 0.0667. The standard InChI is InChI=1S/C15H13NO3/c1-19-15(18)13-5-4-12(14(17)10-13)3-2-11-6-8-16-9-7-11/h2-10,17H,1H3/b3-2+. The molecule has 0 amide bonds. The minimum atomic E-state index is -0.472. The number of ether oxygens (including phenoxy) is 1. The Morgan fingerprint density at radius 2 is 1.95 bits per heavy atom. The number of carbonyl (C=O) groups excluding carboxylic acids is 1. The molecule has 0 radical (unpaired) electrons. The van der Waals surface area contributed by atoms with E-state index in [0.29, 0.717) is 11.1 Å². The lowest BCUT2D eigenvalue weighted by Crippen LogP contribution is -2.00. The Bertz CT molecular complexity index is 606. The van der Waals surface area contributed by atoms with Gasteiger partial charge in [0, 0.05) is 18.0 Å². The zero-order valence-corrected chi connectivity index (χ0v) is 10.4. The molecule has 0 atom stereocenters. The molecule has 0 bridgehead atoms. The maximum absolute atomic E-state index is 11.3. The molecular weight excluding hydrogens is 242 g/mol. The van der Waals surface area contributed by atoms with Gasteiger partial charge in [-0.05, 0) is 29.8 Å². The van der Waals surface area contributed by atoms with E-state index in [9.17, 15) is 9.90 Å². The van der Waals surface area contributed by atoms with Crippen LogP contribution < -0.4 is 0 Å². The molecule has 2 aromatic rings. The molecule has 1 aromatic heterocycles. The van der Waals surface area contributed by atoms with E-state index in [0.717, 1.165) is 5.56 Å². The second-order valence-corrected chi connectivity index (χ2v) is 3.88. The van der Waals surface area contributed by atoms with Crippen LogP contribution in [0.4, 0.5) is 0 Å². The van der Waals surface area contributed by atoms with Gasteiger partial charge in [0.15, 0.2) is 0 Å². The van der Waals surface area contributed by atoms with Crippen molar-refractivity contribution in [1.29, 1.82) is 0 Å². The number of methoxy groups -OCH3 is 1. The lowest BCUT2D eigenvalue weighted by Gasteiger charge is -2.03. The number of rotatable bonds is 3. The Hall–Kier alpha value is -2.62. The number of aromatic nitrogens is 1. The summed E-state index contributed by atoms with van der Waals surface area (Å²) in [6, 6.07) is 8.38. The van der Waals surface area contributed by atoms with E-state index in [1.807, 2.05) is 18.2 Å². The number of hydrogen-bond acceptors (Lipinski definition) is 4.